The zero-order chi connectivity index (χ0) is 11.7. The number of rotatable bonds is 2. The maximum Gasteiger partial charge on any atom is 0.253 e. The third kappa shape index (κ3) is 2.00. The minimum absolute atomic E-state index is 0.0408. The van der Waals surface area contributed by atoms with Gasteiger partial charge in [-0.05, 0) is 18.9 Å². The van der Waals surface area contributed by atoms with Crippen LogP contribution in [0.3, 0.4) is 0 Å². The van der Waals surface area contributed by atoms with Gasteiger partial charge in [0.15, 0.2) is 5.65 Å². The van der Waals surface area contributed by atoms with Crippen molar-refractivity contribution in [2.75, 3.05) is 0 Å². The highest BCUT2D eigenvalue weighted by molar-refractivity contribution is 5.96. The smallest absolute Gasteiger partial charge is 0.253 e. The van der Waals surface area contributed by atoms with E-state index in [1.165, 1.54) is 12.8 Å². The van der Waals surface area contributed by atoms with Crippen molar-refractivity contribution in [3.63, 3.8) is 0 Å². The lowest BCUT2D eigenvalue weighted by molar-refractivity contribution is 0.0937. The van der Waals surface area contributed by atoms with Crippen LogP contribution in [0.1, 0.15) is 36.0 Å². The molecule has 1 aliphatic carbocycles. The number of aromatic amines is 1. The van der Waals surface area contributed by atoms with Gasteiger partial charge in [0.05, 0.1) is 17.4 Å². The summed E-state index contributed by atoms with van der Waals surface area (Å²) in [5, 5.41) is 3.04. The van der Waals surface area contributed by atoms with Gasteiger partial charge in [-0.15, -0.1) is 0 Å². The highest BCUT2D eigenvalue weighted by Crippen LogP contribution is 2.18. The van der Waals surface area contributed by atoms with Gasteiger partial charge in [0, 0.05) is 12.2 Å². The Bertz CT molecular complexity index is 542. The average molecular weight is 230 g/mol. The van der Waals surface area contributed by atoms with Gasteiger partial charge in [0.1, 0.15) is 0 Å². The molecule has 5 nitrogen and oxygen atoms in total. The standard InChI is InChI=1S/C12H14N4O/c17-12(16-9-3-1-2-4-9)8-5-10-11(13-6-8)15-7-14-10/h5-7,9H,1-4H2,(H,16,17)(H,13,14,15). The quantitative estimate of drug-likeness (QED) is 0.823. The molecule has 2 heterocycles. The van der Waals surface area contributed by atoms with Gasteiger partial charge in [-0.3, -0.25) is 4.79 Å². The van der Waals surface area contributed by atoms with E-state index in [1.807, 2.05) is 0 Å². The fourth-order valence-corrected chi connectivity index (χ4v) is 2.29. The fraction of sp³-hybridized carbons (Fsp3) is 0.417. The van der Waals surface area contributed by atoms with Crippen LogP contribution in [0.2, 0.25) is 0 Å². The van der Waals surface area contributed by atoms with Gasteiger partial charge in [0.2, 0.25) is 0 Å². The third-order valence-corrected chi connectivity index (χ3v) is 3.23. The van der Waals surface area contributed by atoms with Gasteiger partial charge < -0.3 is 10.3 Å². The average Bonchev–Trinajstić information content (AvgIpc) is 2.97. The molecule has 0 unspecified atom stereocenters. The summed E-state index contributed by atoms with van der Waals surface area (Å²) < 4.78 is 0. The second-order valence-electron chi connectivity index (χ2n) is 4.45. The number of carbonyl (C=O) groups excluding carboxylic acids is 1. The Morgan fingerprint density at radius 1 is 1.35 bits per heavy atom. The summed E-state index contributed by atoms with van der Waals surface area (Å²) in [5.41, 5.74) is 2.03. The number of nitrogens with zero attached hydrogens (tertiary/aromatic N) is 2. The SMILES string of the molecule is O=C(NC1CCCC1)c1cnc2nc[nH]c2c1. The number of carbonyl (C=O) groups is 1. The molecule has 0 aliphatic heterocycles. The number of pyridine rings is 1. The maximum absolute atomic E-state index is 12.0. The Kier molecular flexibility index (Phi) is 2.51. The Balaban J connectivity index is 1.79. The van der Waals surface area contributed by atoms with Crippen molar-refractivity contribution in [2.24, 2.45) is 0 Å². The normalized spacial score (nSPS) is 16.5. The summed E-state index contributed by atoms with van der Waals surface area (Å²) >= 11 is 0. The lowest BCUT2D eigenvalue weighted by Crippen LogP contribution is -2.32. The first-order valence-corrected chi connectivity index (χ1v) is 5.93. The Morgan fingerprint density at radius 3 is 3.00 bits per heavy atom. The summed E-state index contributed by atoms with van der Waals surface area (Å²) in [5.74, 6) is -0.0408. The van der Waals surface area contributed by atoms with Gasteiger partial charge in [-0.2, -0.15) is 0 Å². The van der Waals surface area contributed by atoms with Crippen molar-refractivity contribution in [3.05, 3.63) is 24.2 Å². The van der Waals surface area contributed by atoms with Crippen molar-refractivity contribution in [2.45, 2.75) is 31.7 Å². The van der Waals surface area contributed by atoms with Crippen LogP contribution in [0.5, 0.6) is 0 Å². The number of imidazole rings is 1. The molecule has 3 rings (SSSR count). The van der Waals surface area contributed by atoms with Gasteiger partial charge in [-0.25, -0.2) is 9.97 Å². The van der Waals surface area contributed by atoms with Crippen LogP contribution in [-0.4, -0.2) is 26.9 Å². The van der Waals surface area contributed by atoms with E-state index in [2.05, 4.69) is 20.3 Å². The molecule has 0 spiro atoms. The van der Waals surface area contributed by atoms with E-state index in [4.69, 9.17) is 0 Å². The maximum atomic E-state index is 12.0. The van der Waals surface area contributed by atoms with Crippen LogP contribution >= 0.6 is 0 Å². The molecular formula is C12H14N4O. The molecular weight excluding hydrogens is 216 g/mol. The topological polar surface area (TPSA) is 70.7 Å². The number of nitrogens with one attached hydrogen (secondary N) is 2. The first-order chi connectivity index (χ1) is 8.33. The van der Waals surface area contributed by atoms with Gasteiger partial charge in [0.25, 0.3) is 5.91 Å². The van der Waals surface area contributed by atoms with Crippen molar-refractivity contribution >= 4 is 17.1 Å². The van der Waals surface area contributed by atoms with Crippen LogP contribution in [0.4, 0.5) is 0 Å². The van der Waals surface area contributed by atoms with Crippen LogP contribution in [0, 0.1) is 0 Å². The third-order valence-electron chi connectivity index (χ3n) is 3.23. The van der Waals surface area contributed by atoms with Crippen LogP contribution in [-0.2, 0) is 0 Å². The molecule has 0 atom stereocenters. The summed E-state index contributed by atoms with van der Waals surface area (Å²) in [6.45, 7) is 0. The lowest BCUT2D eigenvalue weighted by atomic mass is 10.2. The Morgan fingerprint density at radius 2 is 2.18 bits per heavy atom. The molecule has 1 saturated carbocycles. The molecule has 2 aromatic rings. The first kappa shape index (κ1) is 10.3. The molecule has 1 aliphatic rings. The molecule has 5 heteroatoms. The zero-order valence-corrected chi connectivity index (χ0v) is 9.44. The van der Waals surface area contributed by atoms with Crippen LogP contribution in [0.25, 0.3) is 11.2 Å². The molecule has 17 heavy (non-hydrogen) atoms. The zero-order valence-electron chi connectivity index (χ0n) is 9.44. The van der Waals surface area contributed by atoms with Gasteiger partial charge >= 0.3 is 0 Å². The summed E-state index contributed by atoms with van der Waals surface area (Å²) in [6.07, 6.45) is 7.76. The van der Waals surface area contributed by atoms with Crippen LogP contribution < -0.4 is 5.32 Å². The largest absolute Gasteiger partial charge is 0.349 e. The number of hydrogen-bond acceptors (Lipinski definition) is 3. The van der Waals surface area contributed by atoms with E-state index in [1.54, 1.807) is 18.6 Å². The fourth-order valence-electron chi connectivity index (χ4n) is 2.29. The highest BCUT2D eigenvalue weighted by Gasteiger charge is 2.18. The molecule has 1 amide bonds. The molecule has 2 N–H and O–H groups in total. The molecule has 0 radical (unpaired) electrons. The summed E-state index contributed by atoms with van der Waals surface area (Å²) in [6, 6.07) is 2.12. The van der Waals surface area contributed by atoms with E-state index in [-0.39, 0.29) is 5.91 Å². The number of hydrogen-bond donors (Lipinski definition) is 2. The molecule has 2 aromatic heterocycles. The number of H-pyrrole nitrogens is 1. The Hall–Kier alpha value is -1.91. The highest BCUT2D eigenvalue weighted by atomic mass is 16.1. The number of fused-ring (bicyclic) bond motifs is 1. The predicted octanol–water partition coefficient (Wildman–Crippen LogP) is 1.63. The summed E-state index contributed by atoms with van der Waals surface area (Å²) in [4.78, 5) is 23.1. The lowest BCUT2D eigenvalue weighted by Gasteiger charge is -2.11. The minimum Gasteiger partial charge on any atom is -0.349 e. The van der Waals surface area contributed by atoms with E-state index in [0.29, 0.717) is 17.3 Å². The monoisotopic (exact) mass is 230 g/mol. The Labute approximate surface area is 98.7 Å². The minimum atomic E-state index is -0.0408. The van der Waals surface area contributed by atoms with E-state index in [0.717, 1.165) is 18.4 Å². The van der Waals surface area contributed by atoms with Crippen molar-refractivity contribution in [1.82, 2.24) is 20.3 Å². The van der Waals surface area contributed by atoms with E-state index in [9.17, 15) is 4.79 Å². The molecule has 0 saturated heterocycles. The molecule has 0 aromatic carbocycles. The van der Waals surface area contributed by atoms with Gasteiger partial charge in [-0.1, -0.05) is 12.8 Å². The second kappa shape index (κ2) is 4.16. The van der Waals surface area contributed by atoms with Crippen molar-refractivity contribution in [3.8, 4) is 0 Å². The molecule has 1 fully saturated rings. The first-order valence-electron chi connectivity index (χ1n) is 5.93. The van der Waals surface area contributed by atoms with Crippen molar-refractivity contribution in [1.29, 1.82) is 0 Å². The number of amides is 1. The summed E-state index contributed by atoms with van der Waals surface area (Å²) in [7, 11) is 0. The molecule has 88 valence electrons. The second-order valence-corrected chi connectivity index (χ2v) is 4.45. The van der Waals surface area contributed by atoms with Crippen LogP contribution in [0.15, 0.2) is 18.6 Å². The van der Waals surface area contributed by atoms with E-state index < -0.39 is 0 Å². The number of aromatic nitrogens is 3. The van der Waals surface area contributed by atoms with Crippen molar-refractivity contribution < 1.29 is 4.79 Å². The van der Waals surface area contributed by atoms with E-state index >= 15 is 0 Å². The molecule has 0 bridgehead atoms. The predicted molar refractivity (Wildman–Crippen MR) is 63.6 cm³/mol.